The second kappa shape index (κ2) is 9.21. The monoisotopic (exact) mass is 337 g/mol. The Morgan fingerprint density at radius 2 is 1.76 bits per heavy atom. The number of hydrogen-bond acceptors (Lipinski definition) is 3. The molecule has 2 aromatic rings. The molecule has 3 rings (SSSR count). The summed E-state index contributed by atoms with van der Waals surface area (Å²) < 4.78 is 0. The van der Waals surface area contributed by atoms with Gasteiger partial charge < -0.3 is 10.6 Å². The molecule has 4 nitrogen and oxygen atoms in total. The number of carbonyl (C=O) groups is 1. The Morgan fingerprint density at radius 1 is 1.00 bits per heavy atom. The predicted molar refractivity (Wildman–Crippen MR) is 103 cm³/mol. The van der Waals surface area contributed by atoms with Crippen LogP contribution in [0.2, 0.25) is 0 Å². The van der Waals surface area contributed by atoms with Gasteiger partial charge in [-0.2, -0.15) is 0 Å². The van der Waals surface area contributed by atoms with E-state index in [2.05, 4.69) is 15.6 Å². The maximum absolute atomic E-state index is 12.1. The lowest BCUT2D eigenvalue weighted by molar-refractivity contribution is -0.116. The summed E-state index contributed by atoms with van der Waals surface area (Å²) in [5.74, 6) is 0.921. The third kappa shape index (κ3) is 5.89. The first-order valence-corrected chi connectivity index (χ1v) is 9.36. The number of aromatic nitrogens is 1. The van der Waals surface area contributed by atoms with Crippen LogP contribution < -0.4 is 10.6 Å². The molecular weight excluding hydrogens is 310 g/mol. The second-order valence-corrected chi connectivity index (χ2v) is 6.80. The van der Waals surface area contributed by atoms with Crippen molar-refractivity contribution in [2.75, 3.05) is 10.6 Å². The summed E-state index contributed by atoms with van der Waals surface area (Å²) >= 11 is 0. The average Bonchev–Trinajstić information content (AvgIpc) is 2.91. The molecular formula is C21H27N3O. The van der Waals surface area contributed by atoms with Crippen molar-refractivity contribution in [3.63, 3.8) is 0 Å². The van der Waals surface area contributed by atoms with Gasteiger partial charge in [0.25, 0.3) is 0 Å². The fourth-order valence-corrected chi connectivity index (χ4v) is 3.31. The van der Waals surface area contributed by atoms with Gasteiger partial charge in [-0.15, -0.1) is 0 Å². The number of amides is 1. The largest absolute Gasteiger partial charge is 0.367 e. The van der Waals surface area contributed by atoms with Gasteiger partial charge in [0.05, 0.1) is 11.9 Å². The molecule has 1 aliphatic carbocycles. The number of rotatable bonds is 6. The third-order valence-corrected chi connectivity index (χ3v) is 4.74. The van der Waals surface area contributed by atoms with E-state index < -0.39 is 0 Å². The van der Waals surface area contributed by atoms with Crippen LogP contribution in [0.4, 0.5) is 11.5 Å². The minimum absolute atomic E-state index is 0.0233. The Bertz CT molecular complexity index is 647. The molecule has 2 N–H and O–H groups in total. The van der Waals surface area contributed by atoms with Crippen molar-refractivity contribution >= 4 is 17.4 Å². The smallest absolute Gasteiger partial charge is 0.224 e. The molecule has 1 aliphatic rings. The van der Waals surface area contributed by atoms with E-state index in [1.807, 2.05) is 42.5 Å². The van der Waals surface area contributed by atoms with Crippen LogP contribution in [-0.2, 0) is 11.2 Å². The van der Waals surface area contributed by atoms with Crippen molar-refractivity contribution in [2.45, 2.75) is 57.4 Å². The van der Waals surface area contributed by atoms with Crippen molar-refractivity contribution in [3.05, 3.63) is 54.2 Å². The molecule has 4 heteroatoms. The van der Waals surface area contributed by atoms with E-state index in [4.69, 9.17) is 0 Å². The lowest BCUT2D eigenvalue weighted by Crippen LogP contribution is -2.19. The molecule has 132 valence electrons. The first-order valence-electron chi connectivity index (χ1n) is 9.36. The minimum atomic E-state index is 0.0233. The molecule has 0 spiro atoms. The molecule has 1 aromatic carbocycles. The molecule has 0 unspecified atom stereocenters. The van der Waals surface area contributed by atoms with Crippen LogP contribution in [0.3, 0.4) is 0 Å². The molecule has 0 bridgehead atoms. The molecule has 0 atom stereocenters. The normalized spacial score (nSPS) is 15.4. The van der Waals surface area contributed by atoms with Gasteiger partial charge in [0.15, 0.2) is 0 Å². The Morgan fingerprint density at radius 3 is 2.44 bits per heavy atom. The SMILES string of the molecule is O=C(CCc1ccccc1)Nc1ccc(NC2CCCCCC2)nc1. The number of benzene rings is 1. The van der Waals surface area contributed by atoms with Gasteiger partial charge in [0.2, 0.25) is 5.91 Å². The Kier molecular flexibility index (Phi) is 6.43. The summed E-state index contributed by atoms with van der Waals surface area (Å²) in [5.41, 5.74) is 1.93. The number of aryl methyl sites for hydroxylation is 1. The van der Waals surface area contributed by atoms with Crippen molar-refractivity contribution < 1.29 is 4.79 Å². The highest BCUT2D eigenvalue weighted by Crippen LogP contribution is 2.21. The summed E-state index contributed by atoms with van der Waals surface area (Å²) in [6.45, 7) is 0. The van der Waals surface area contributed by atoms with Crippen LogP contribution in [0.15, 0.2) is 48.7 Å². The van der Waals surface area contributed by atoms with Crippen LogP contribution in [0.5, 0.6) is 0 Å². The molecule has 0 aliphatic heterocycles. The summed E-state index contributed by atoms with van der Waals surface area (Å²) in [4.78, 5) is 16.5. The third-order valence-electron chi connectivity index (χ3n) is 4.74. The molecule has 0 radical (unpaired) electrons. The van der Waals surface area contributed by atoms with Gasteiger partial charge >= 0.3 is 0 Å². The summed E-state index contributed by atoms with van der Waals surface area (Å²) in [6, 6.07) is 14.5. The van der Waals surface area contributed by atoms with E-state index in [1.165, 1.54) is 44.1 Å². The van der Waals surface area contributed by atoms with Crippen LogP contribution in [-0.4, -0.2) is 16.9 Å². The summed E-state index contributed by atoms with van der Waals surface area (Å²) in [6.07, 6.45) is 10.7. The number of anilines is 2. The van der Waals surface area contributed by atoms with Gasteiger partial charge in [0, 0.05) is 12.5 Å². The molecule has 1 aromatic heterocycles. The van der Waals surface area contributed by atoms with Crippen LogP contribution in [0.25, 0.3) is 0 Å². The van der Waals surface area contributed by atoms with Crippen molar-refractivity contribution in [1.82, 2.24) is 4.98 Å². The van der Waals surface area contributed by atoms with Gasteiger partial charge in [-0.1, -0.05) is 56.0 Å². The van der Waals surface area contributed by atoms with Crippen molar-refractivity contribution in [2.24, 2.45) is 0 Å². The number of carbonyl (C=O) groups excluding carboxylic acids is 1. The summed E-state index contributed by atoms with van der Waals surface area (Å²) in [7, 11) is 0. The zero-order valence-electron chi connectivity index (χ0n) is 14.7. The fourth-order valence-electron chi connectivity index (χ4n) is 3.31. The Balaban J connectivity index is 1.46. The Labute approximate surface area is 150 Å². The number of pyridine rings is 1. The average molecular weight is 337 g/mol. The molecule has 1 fully saturated rings. The van der Waals surface area contributed by atoms with Crippen molar-refractivity contribution in [1.29, 1.82) is 0 Å². The Hall–Kier alpha value is -2.36. The highest BCUT2D eigenvalue weighted by molar-refractivity contribution is 5.90. The second-order valence-electron chi connectivity index (χ2n) is 6.80. The summed E-state index contributed by atoms with van der Waals surface area (Å²) in [5, 5.41) is 6.45. The van der Waals surface area contributed by atoms with E-state index in [9.17, 15) is 4.79 Å². The van der Waals surface area contributed by atoms with Gasteiger partial charge in [-0.3, -0.25) is 4.79 Å². The van der Waals surface area contributed by atoms with Crippen LogP contribution >= 0.6 is 0 Å². The predicted octanol–water partition coefficient (Wildman–Crippen LogP) is 4.79. The van der Waals surface area contributed by atoms with Crippen LogP contribution in [0, 0.1) is 0 Å². The van der Waals surface area contributed by atoms with Gasteiger partial charge in [0.1, 0.15) is 5.82 Å². The van der Waals surface area contributed by atoms with E-state index in [-0.39, 0.29) is 5.91 Å². The zero-order valence-corrected chi connectivity index (χ0v) is 14.7. The molecule has 1 heterocycles. The zero-order chi connectivity index (χ0) is 17.3. The molecule has 1 amide bonds. The lowest BCUT2D eigenvalue weighted by Gasteiger charge is -2.17. The molecule has 0 saturated heterocycles. The highest BCUT2D eigenvalue weighted by atomic mass is 16.1. The van der Waals surface area contributed by atoms with E-state index in [1.54, 1.807) is 6.20 Å². The van der Waals surface area contributed by atoms with Crippen molar-refractivity contribution in [3.8, 4) is 0 Å². The number of nitrogens with one attached hydrogen (secondary N) is 2. The van der Waals surface area contributed by atoms with Gasteiger partial charge in [-0.05, 0) is 37.0 Å². The number of nitrogens with zero attached hydrogens (tertiary/aromatic N) is 1. The fraction of sp³-hybridized carbons (Fsp3) is 0.429. The first kappa shape index (κ1) is 17.5. The van der Waals surface area contributed by atoms with E-state index >= 15 is 0 Å². The number of hydrogen-bond donors (Lipinski definition) is 2. The van der Waals surface area contributed by atoms with Crippen LogP contribution in [0.1, 0.15) is 50.5 Å². The standard InChI is InChI=1S/C21H27N3O/c25-21(15-12-17-8-4-3-5-9-17)24-19-13-14-20(22-16-19)23-18-10-6-1-2-7-11-18/h3-5,8-9,13-14,16,18H,1-2,6-7,10-12,15H2,(H,22,23)(H,24,25). The maximum Gasteiger partial charge on any atom is 0.224 e. The minimum Gasteiger partial charge on any atom is -0.367 e. The quantitative estimate of drug-likeness (QED) is 0.745. The van der Waals surface area contributed by atoms with Gasteiger partial charge in [-0.25, -0.2) is 4.98 Å². The lowest BCUT2D eigenvalue weighted by atomic mass is 10.1. The van der Waals surface area contributed by atoms with E-state index in [0.717, 1.165) is 17.9 Å². The topological polar surface area (TPSA) is 54.0 Å². The van der Waals surface area contributed by atoms with E-state index in [0.29, 0.717) is 12.5 Å². The maximum atomic E-state index is 12.1. The highest BCUT2D eigenvalue weighted by Gasteiger charge is 2.12. The first-order chi connectivity index (χ1) is 12.3. The molecule has 25 heavy (non-hydrogen) atoms. The molecule has 1 saturated carbocycles.